The number of rotatable bonds is 1. The first kappa shape index (κ1) is 6.88. The Kier molecular flexibility index (Phi) is 1.15. The topological polar surface area (TPSA) is 45.5 Å². The number of epoxide rings is 1. The molecule has 3 unspecified atom stereocenters. The van der Waals surface area contributed by atoms with Crippen LogP contribution in [0.25, 0.3) is 0 Å². The van der Waals surface area contributed by atoms with Crippen LogP contribution in [-0.2, 0) is 9.47 Å². The molecule has 3 aliphatic rings. The van der Waals surface area contributed by atoms with E-state index >= 15 is 0 Å². The first-order chi connectivity index (χ1) is 5.84. The van der Waals surface area contributed by atoms with E-state index in [0.717, 1.165) is 12.3 Å². The summed E-state index contributed by atoms with van der Waals surface area (Å²) in [6.45, 7) is 0.645. The molecule has 1 saturated carbocycles. The molecule has 0 aromatic rings. The molecule has 3 atom stereocenters. The van der Waals surface area contributed by atoms with Crippen molar-refractivity contribution in [3.05, 3.63) is 0 Å². The molecular formula is C9H11NO2. The van der Waals surface area contributed by atoms with Gasteiger partial charge in [0.05, 0.1) is 18.8 Å². The second kappa shape index (κ2) is 2.01. The summed E-state index contributed by atoms with van der Waals surface area (Å²) in [4.78, 5) is 0. The molecule has 3 nitrogen and oxygen atoms in total. The molecule has 0 amide bonds. The van der Waals surface area contributed by atoms with Crippen molar-refractivity contribution in [2.75, 3.05) is 6.61 Å². The van der Waals surface area contributed by atoms with Gasteiger partial charge >= 0.3 is 0 Å². The normalized spacial score (nSPS) is 50.9. The van der Waals surface area contributed by atoms with E-state index in [9.17, 15) is 0 Å². The Morgan fingerprint density at radius 3 is 2.83 bits per heavy atom. The standard InChI is InChI=1S/C9H11NO2/c10-4-8-9(12-8)3-7(11-5-9)6-1-2-6/h6-8H,1-3,5H2. The first-order valence-corrected chi connectivity index (χ1v) is 4.53. The fourth-order valence-electron chi connectivity index (χ4n) is 2.09. The largest absolute Gasteiger partial charge is 0.375 e. The maximum absolute atomic E-state index is 8.64. The molecule has 3 heteroatoms. The van der Waals surface area contributed by atoms with Crippen molar-refractivity contribution in [1.29, 1.82) is 5.26 Å². The van der Waals surface area contributed by atoms with E-state index in [1.807, 2.05) is 0 Å². The summed E-state index contributed by atoms with van der Waals surface area (Å²) < 4.78 is 10.9. The van der Waals surface area contributed by atoms with E-state index in [1.54, 1.807) is 0 Å². The summed E-state index contributed by atoms with van der Waals surface area (Å²) in [5.41, 5.74) is -0.179. The van der Waals surface area contributed by atoms with Gasteiger partial charge < -0.3 is 9.47 Å². The van der Waals surface area contributed by atoms with Crippen LogP contribution in [-0.4, -0.2) is 24.4 Å². The third-order valence-corrected chi connectivity index (χ3v) is 3.13. The van der Waals surface area contributed by atoms with E-state index in [-0.39, 0.29) is 11.7 Å². The summed E-state index contributed by atoms with van der Waals surface area (Å²) in [7, 11) is 0. The van der Waals surface area contributed by atoms with Gasteiger partial charge in [-0.25, -0.2) is 0 Å². The van der Waals surface area contributed by atoms with Gasteiger partial charge in [0.25, 0.3) is 0 Å². The Morgan fingerprint density at radius 2 is 2.25 bits per heavy atom. The van der Waals surface area contributed by atoms with Crippen LogP contribution in [0.15, 0.2) is 0 Å². The van der Waals surface area contributed by atoms with Gasteiger partial charge in [-0.05, 0) is 18.8 Å². The molecule has 2 aliphatic heterocycles. The van der Waals surface area contributed by atoms with Gasteiger partial charge in [0.2, 0.25) is 0 Å². The first-order valence-electron chi connectivity index (χ1n) is 4.53. The Bertz CT molecular complexity index is 256. The summed E-state index contributed by atoms with van der Waals surface area (Å²) in [5, 5.41) is 8.64. The molecule has 1 spiro atoms. The van der Waals surface area contributed by atoms with Crippen molar-refractivity contribution in [1.82, 2.24) is 0 Å². The lowest BCUT2D eigenvalue weighted by Crippen LogP contribution is -2.14. The summed E-state index contributed by atoms with van der Waals surface area (Å²) in [6, 6.07) is 2.15. The molecule has 0 radical (unpaired) electrons. The fourth-order valence-corrected chi connectivity index (χ4v) is 2.09. The lowest BCUT2D eigenvalue weighted by molar-refractivity contribution is 0.0877. The van der Waals surface area contributed by atoms with Gasteiger partial charge in [-0.3, -0.25) is 0 Å². The zero-order chi connectivity index (χ0) is 8.18. The highest BCUT2D eigenvalue weighted by molar-refractivity contribution is 5.17. The van der Waals surface area contributed by atoms with Gasteiger partial charge in [-0.2, -0.15) is 5.26 Å². The molecule has 2 heterocycles. The summed E-state index contributed by atoms with van der Waals surface area (Å²) in [5.74, 6) is 0.771. The highest BCUT2D eigenvalue weighted by Crippen LogP contribution is 2.50. The van der Waals surface area contributed by atoms with Crippen LogP contribution in [0.2, 0.25) is 0 Å². The Hall–Kier alpha value is -0.590. The van der Waals surface area contributed by atoms with Crippen LogP contribution in [0, 0.1) is 17.2 Å². The lowest BCUT2D eigenvalue weighted by atomic mass is 10.0. The lowest BCUT2D eigenvalue weighted by Gasteiger charge is -2.04. The van der Waals surface area contributed by atoms with Crippen molar-refractivity contribution < 1.29 is 9.47 Å². The van der Waals surface area contributed by atoms with Gasteiger partial charge in [0, 0.05) is 6.42 Å². The predicted molar refractivity (Wildman–Crippen MR) is 40.3 cm³/mol. The van der Waals surface area contributed by atoms with E-state index in [1.165, 1.54) is 12.8 Å². The van der Waals surface area contributed by atoms with Crippen LogP contribution >= 0.6 is 0 Å². The van der Waals surface area contributed by atoms with E-state index in [0.29, 0.717) is 12.7 Å². The van der Waals surface area contributed by atoms with Gasteiger partial charge in [-0.1, -0.05) is 0 Å². The molecule has 12 heavy (non-hydrogen) atoms. The van der Waals surface area contributed by atoms with Gasteiger partial charge in [0.1, 0.15) is 5.60 Å². The molecule has 0 aromatic heterocycles. The fraction of sp³-hybridized carbons (Fsp3) is 0.889. The predicted octanol–water partition coefficient (Wildman–Crippen LogP) is 0.846. The van der Waals surface area contributed by atoms with E-state index < -0.39 is 0 Å². The van der Waals surface area contributed by atoms with Crippen molar-refractivity contribution >= 4 is 0 Å². The molecule has 0 aromatic carbocycles. The minimum Gasteiger partial charge on any atom is -0.375 e. The highest BCUT2D eigenvalue weighted by atomic mass is 16.6. The molecule has 64 valence electrons. The zero-order valence-electron chi connectivity index (χ0n) is 6.82. The zero-order valence-corrected chi connectivity index (χ0v) is 6.82. The highest BCUT2D eigenvalue weighted by Gasteiger charge is 2.63. The number of ether oxygens (including phenoxy) is 2. The maximum Gasteiger partial charge on any atom is 0.176 e. The third-order valence-electron chi connectivity index (χ3n) is 3.13. The van der Waals surface area contributed by atoms with E-state index in [4.69, 9.17) is 14.7 Å². The minimum atomic E-state index is -0.179. The van der Waals surface area contributed by atoms with Crippen LogP contribution in [0.4, 0.5) is 0 Å². The third kappa shape index (κ3) is 0.825. The Labute approximate surface area is 71.3 Å². The minimum absolute atomic E-state index is 0.179. The molecular weight excluding hydrogens is 154 g/mol. The van der Waals surface area contributed by atoms with Crippen LogP contribution in [0.5, 0.6) is 0 Å². The average molecular weight is 165 g/mol. The Balaban J connectivity index is 1.68. The van der Waals surface area contributed by atoms with Crippen molar-refractivity contribution in [2.24, 2.45) is 5.92 Å². The molecule has 0 bridgehead atoms. The van der Waals surface area contributed by atoms with Crippen LogP contribution in [0.3, 0.4) is 0 Å². The maximum atomic E-state index is 8.64. The Morgan fingerprint density at radius 1 is 1.42 bits per heavy atom. The van der Waals surface area contributed by atoms with Gasteiger partial charge in [-0.15, -0.1) is 0 Å². The van der Waals surface area contributed by atoms with Crippen molar-refractivity contribution in [3.63, 3.8) is 0 Å². The number of nitrogens with zero attached hydrogens (tertiary/aromatic N) is 1. The van der Waals surface area contributed by atoms with Crippen molar-refractivity contribution in [3.8, 4) is 6.07 Å². The monoisotopic (exact) mass is 165 g/mol. The number of hydrogen-bond acceptors (Lipinski definition) is 3. The summed E-state index contributed by atoms with van der Waals surface area (Å²) in [6.07, 6.45) is 3.77. The molecule has 2 saturated heterocycles. The smallest absolute Gasteiger partial charge is 0.176 e. The second-order valence-electron chi connectivity index (χ2n) is 4.08. The van der Waals surface area contributed by atoms with Gasteiger partial charge in [0.15, 0.2) is 6.10 Å². The number of nitriles is 1. The van der Waals surface area contributed by atoms with E-state index in [2.05, 4.69) is 6.07 Å². The molecule has 0 N–H and O–H groups in total. The SMILES string of the molecule is N#CC1OC12COC(C1CC1)C2. The molecule has 3 fully saturated rings. The number of hydrogen-bond donors (Lipinski definition) is 0. The molecule has 3 rings (SSSR count). The second-order valence-corrected chi connectivity index (χ2v) is 4.08. The molecule has 1 aliphatic carbocycles. The quantitative estimate of drug-likeness (QED) is 0.541. The van der Waals surface area contributed by atoms with Crippen molar-refractivity contribution in [2.45, 2.75) is 37.1 Å². The van der Waals surface area contributed by atoms with Crippen LogP contribution < -0.4 is 0 Å². The summed E-state index contributed by atoms with van der Waals surface area (Å²) >= 11 is 0. The van der Waals surface area contributed by atoms with Crippen LogP contribution in [0.1, 0.15) is 19.3 Å². The average Bonchev–Trinajstić information content (AvgIpc) is 2.92.